The van der Waals surface area contributed by atoms with E-state index in [0.29, 0.717) is 11.8 Å². The van der Waals surface area contributed by atoms with Gasteiger partial charge in [-0.25, -0.2) is 8.78 Å². The lowest BCUT2D eigenvalue weighted by Gasteiger charge is -2.14. The first kappa shape index (κ1) is 17.1. The van der Waals surface area contributed by atoms with Gasteiger partial charge in [0.2, 0.25) is 0 Å². The van der Waals surface area contributed by atoms with Gasteiger partial charge < -0.3 is 4.74 Å². The number of nitrogens with zero attached hydrogens (tertiary/aromatic N) is 2. The monoisotopic (exact) mass is 340 g/mol. The molecule has 2 heterocycles. The Morgan fingerprint density at radius 1 is 1.43 bits per heavy atom. The molecule has 0 saturated carbocycles. The van der Waals surface area contributed by atoms with Crippen molar-refractivity contribution in [2.24, 2.45) is 0 Å². The second kappa shape index (κ2) is 6.91. The van der Waals surface area contributed by atoms with E-state index in [0.717, 1.165) is 11.9 Å². The molecule has 4 nitrogen and oxygen atoms in total. The Kier molecular flexibility index (Phi) is 5.15. The first-order chi connectivity index (χ1) is 10.8. The second-order valence-electron chi connectivity index (χ2n) is 4.91. The van der Waals surface area contributed by atoms with Crippen molar-refractivity contribution in [1.29, 1.82) is 0 Å². The lowest BCUT2D eigenvalue weighted by Crippen LogP contribution is -2.22. The van der Waals surface area contributed by atoms with Crippen molar-refractivity contribution < 1.29 is 13.5 Å². The maximum atomic E-state index is 13.5. The number of aryl methyl sites for hydroxylation is 1. The Balaban J connectivity index is 2.33. The Morgan fingerprint density at radius 2 is 2.13 bits per heavy atom. The molecule has 23 heavy (non-hydrogen) atoms. The number of halogens is 3. The van der Waals surface area contributed by atoms with Gasteiger partial charge in [0.15, 0.2) is 5.82 Å². The van der Waals surface area contributed by atoms with E-state index < -0.39 is 17.2 Å². The topological polar surface area (TPSA) is 44.1 Å². The average Bonchev–Trinajstić information content (AvgIpc) is 2.50. The zero-order valence-electron chi connectivity index (χ0n) is 12.9. The minimum absolute atomic E-state index is 0.0751. The molecule has 2 rings (SSSR count). The summed E-state index contributed by atoms with van der Waals surface area (Å²) in [5, 5.41) is -0.112. The van der Waals surface area contributed by atoms with Crippen LogP contribution in [0.4, 0.5) is 8.78 Å². The van der Waals surface area contributed by atoms with Crippen LogP contribution in [0.2, 0.25) is 5.02 Å². The number of hydrogen-bond donors (Lipinski definition) is 0. The molecule has 2 aromatic rings. The number of allylic oxidation sites excluding steroid dienone is 2. The smallest absolute Gasteiger partial charge is 0.277 e. The van der Waals surface area contributed by atoms with Crippen molar-refractivity contribution in [3.63, 3.8) is 0 Å². The van der Waals surface area contributed by atoms with Gasteiger partial charge in [0.05, 0.1) is 6.20 Å². The fourth-order valence-electron chi connectivity index (χ4n) is 2.05. The molecule has 2 aromatic heterocycles. The van der Waals surface area contributed by atoms with E-state index in [1.807, 2.05) is 6.92 Å². The van der Waals surface area contributed by atoms with Crippen LogP contribution in [0.15, 0.2) is 29.2 Å². The normalized spacial score (nSPS) is 11.7. The van der Waals surface area contributed by atoms with Crippen molar-refractivity contribution in [2.45, 2.75) is 27.4 Å². The quantitative estimate of drug-likeness (QED) is 0.846. The molecule has 0 aliphatic heterocycles. The molecule has 0 bridgehead atoms. The first-order valence-corrected chi connectivity index (χ1v) is 7.21. The van der Waals surface area contributed by atoms with E-state index in [4.69, 9.17) is 16.3 Å². The maximum Gasteiger partial charge on any atom is 0.277 e. The van der Waals surface area contributed by atoms with E-state index in [1.165, 1.54) is 4.57 Å². The van der Waals surface area contributed by atoms with Crippen LogP contribution >= 0.6 is 11.6 Å². The Bertz CT molecular complexity index is 832. The number of rotatable bonds is 4. The Morgan fingerprint density at radius 3 is 2.74 bits per heavy atom. The van der Waals surface area contributed by atoms with Gasteiger partial charge in [0, 0.05) is 23.5 Å². The van der Waals surface area contributed by atoms with Gasteiger partial charge in [-0.1, -0.05) is 17.7 Å². The lowest BCUT2D eigenvalue weighted by atomic mass is 10.3. The summed E-state index contributed by atoms with van der Waals surface area (Å²) in [6.07, 6.45) is 2.67. The van der Waals surface area contributed by atoms with E-state index in [2.05, 4.69) is 4.98 Å². The van der Waals surface area contributed by atoms with Crippen molar-refractivity contribution in [3.05, 3.63) is 62.8 Å². The molecule has 0 fully saturated rings. The molecule has 0 aliphatic rings. The zero-order valence-corrected chi connectivity index (χ0v) is 13.6. The van der Waals surface area contributed by atoms with Gasteiger partial charge in [-0.2, -0.15) is 0 Å². The molecule has 0 aromatic carbocycles. The van der Waals surface area contributed by atoms with E-state index >= 15 is 0 Å². The molecule has 0 spiro atoms. The van der Waals surface area contributed by atoms with E-state index in [1.54, 1.807) is 26.0 Å². The fraction of sp³-hybridized carbons (Fsp3) is 0.250. The van der Waals surface area contributed by atoms with Crippen LogP contribution < -0.4 is 10.3 Å². The van der Waals surface area contributed by atoms with Crippen molar-refractivity contribution in [2.75, 3.05) is 0 Å². The second-order valence-corrected chi connectivity index (χ2v) is 5.28. The summed E-state index contributed by atoms with van der Waals surface area (Å²) in [6, 6.07) is 2.30. The van der Waals surface area contributed by atoms with E-state index in [9.17, 15) is 13.6 Å². The maximum absolute atomic E-state index is 13.5. The van der Waals surface area contributed by atoms with E-state index in [-0.39, 0.29) is 23.1 Å². The molecule has 0 unspecified atom stereocenters. The highest BCUT2D eigenvalue weighted by molar-refractivity contribution is 6.31. The van der Waals surface area contributed by atoms with Crippen molar-refractivity contribution in [1.82, 2.24) is 9.55 Å². The Labute approximate surface area is 137 Å². The third kappa shape index (κ3) is 3.59. The van der Waals surface area contributed by atoms with Gasteiger partial charge in [-0.3, -0.25) is 14.3 Å². The summed E-state index contributed by atoms with van der Waals surface area (Å²) in [5.74, 6) is -1.47. The summed E-state index contributed by atoms with van der Waals surface area (Å²) < 4.78 is 33.2. The molecule has 122 valence electrons. The van der Waals surface area contributed by atoms with Crippen LogP contribution in [0.5, 0.6) is 5.75 Å². The largest absolute Gasteiger partial charge is 0.485 e. The summed E-state index contributed by atoms with van der Waals surface area (Å²) in [5.41, 5.74) is 0.850. The van der Waals surface area contributed by atoms with Crippen LogP contribution in [0.3, 0.4) is 0 Å². The third-order valence-corrected chi connectivity index (χ3v) is 3.67. The van der Waals surface area contributed by atoms with Gasteiger partial charge in [-0.05, 0) is 20.8 Å². The van der Waals surface area contributed by atoms with Gasteiger partial charge in [0.25, 0.3) is 5.56 Å². The minimum atomic E-state index is -0.823. The van der Waals surface area contributed by atoms with Crippen molar-refractivity contribution in [3.8, 4) is 5.75 Å². The number of ether oxygens (including phenoxy) is 1. The Hall–Kier alpha value is -2.21. The first-order valence-electron chi connectivity index (χ1n) is 6.83. The SMILES string of the molecule is C/C=C(/C)n1c(C)cc(OCc2ncc(F)cc2F)c(Cl)c1=O. The number of pyridine rings is 2. The third-order valence-electron chi connectivity index (χ3n) is 3.32. The summed E-state index contributed by atoms with van der Waals surface area (Å²) in [4.78, 5) is 15.9. The van der Waals surface area contributed by atoms with Crippen molar-refractivity contribution >= 4 is 17.3 Å². The molecule has 0 radical (unpaired) electrons. The molecule has 7 heteroatoms. The summed E-state index contributed by atoms with van der Waals surface area (Å²) in [6.45, 7) is 5.05. The summed E-state index contributed by atoms with van der Waals surface area (Å²) in [7, 11) is 0. The molecule has 0 atom stereocenters. The van der Waals surface area contributed by atoms with Crippen LogP contribution in [-0.4, -0.2) is 9.55 Å². The number of hydrogen-bond acceptors (Lipinski definition) is 3. The lowest BCUT2D eigenvalue weighted by molar-refractivity contribution is 0.292. The molecular formula is C16H15ClF2N2O2. The highest BCUT2D eigenvalue weighted by Crippen LogP contribution is 2.24. The standard InChI is InChI=1S/C16H15ClF2N2O2/c1-4-9(2)21-10(3)5-14(15(17)16(21)22)23-8-13-12(19)6-11(18)7-20-13/h4-7H,8H2,1-3H3/b9-4-. The van der Waals surface area contributed by atoms with Gasteiger partial charge in [-0.15, -0.1) is 0 Å². The van der Waals surface area contributed by atoms with Crippen LogP contribution in [0, 0.1) is 18.6 Å². The molecule has 0 aliphatic carbocycles. The van der Waals surface area contributed by atoms with Crippen LogP contribution in [0.1, 0.15) is 25.2 Å². The number of aromatic nitrogens is 2. The minimum Gasteiger partial charge on any atom is -0.485 e. The molecule has 0 saturated heterocycles. The highest BCUT2D eigenvalue weighted by atomic mass is 35.5. The molecular weight excluding hydrogens is 326 g/mol. The average molecular weight is 341 g/mol. The molecule has 0 amide bonds. The van der Waals surface area contributed by atoms with Crippen LogP contribution in [-0.2, 0) is 6.61 Å². The van der Waals surface area contributed by atoms with Gasteiger partial charge in [0.1, 0.15) is 28.9 Å². The zero-order chi connectivity index (χ0) is 17.1. The summed E-state index contributed by atoms with van der Waals surface area (Å²) >= 11 is 6.04. The highest BCUT2D eigenvalue weighted by Gasteiger charge is 2.14. The predicted molar refractivity (Wildman–Crippen MR) is 84.6 cm³/mol. The fourth-order valence-corrected chi connectivity index (χ4v) is 2.24. The van der Waals surface area contributed by atoms with Crippen LogP contribution in [0.25, 0.3) is 5.70 Å². The molecule has 0 N–H and O–H groups in total. The van der Waals surface area contributed by atoms with Gasteiger partial charge >= 0.3 is 0 Å². The predicted octanol–water partition coefficient (Wildman–Crippen LogP) is 3.94.